The standard InChI is InChI=1S/C2H2F5NS/c3-1(4,5)2(6,7)9-8/h8H2. The van der Waals surface area contributed by atoms with Gasteiger partial charge in [-0.05, 0) is 0 Å². The molecule has 2 N–H and O–H groups in total. The zero-order chi connectivity index (χ0) is 7.71. The summed E-state index contributed by atoms with van der Waals surface area (Å²) in [6.45, 7) is 0. The third-order valence-corrected chi connectivity index (χ3v) is 1.01. The maximum atomic E-state index is 11.4. The average molecular weight is 167 g/mol. The van der Waals surface area contributed by atoms with Gasteiger partial charge in [0.05, 0.1) is 0 Å². The predicted octanol–water partition coefficient (Wildman–Crippen LogP) is 1.75. The Kier molecular flexibility index (Phi) is 2.29. The van der Waals surface area contributed by atoms with E-state index in [1.807, 2.05) is 0 Å². The highest BCUT2D eigenvalue weighted by Gasteiger charge is 2.57. The van der Waals surface area contributed by atoms with E-state index < -0.39 is 23.4 Å². The molecule has 0 unspecified atom stereocenters. The van der Waals surface area contributed by atoms with Crippen molar-refractivity contribution >= 4 is 11.9 Å². The molecule has 0 aromatic heterocycles. The van der Waals surface area contributed by atoms with Crippen molar-refractivity contribution < 1.29 is 22.0 Å². The van der Waals surface area contributed by atoms with E-state index in [1.54, 1.807) is 0 Å². The summed E-state index contributed by atoms with van der Waals surface area (Å²) in [4.78, 5) is 0. The van der Waals surface area contributed by atoms with E-state index in [-0.39, 0.29) is 0 Å². The summed E-state index contributed by atoms with van der Waals surface area (Å²) in [7, 11) is 0. The molecule has 7 heteroatoms. The van der Waals surface area contributed by atoms with Gasteiger partial charge >= 0.3 is 11.4 Å². The molecule has 0 radical (unpaired) electrons. The fourth-order valence-corrected chi connectivity index (χ4v) is 0.200. The van der Waals surface area contributed by atoms with Gasteiger partial charge in [-0.2, -0.15) is 22.0 Å². The van der Waals surface area contributed by atoms with E-state index in [2.05, 4.69) is 5.14 Å². The first-order chi connectivity index (χ1) is 3.81. The summed E-state index contributed by atoms with van der Waals surface area (Å²) in [6.07, 6.45) is -5.55. The molecule has 1 nitrogen and oxygen atoms in total. The van der Waals surface area contributed by atoms with E-state index in [0.717, 1.165) is 0 Å². The van der Waals surface area contributed by atoms with Gasteiger partial charge in [-0.1, -0.05) is 0 Å². The lowest BCUT2D eigenvalue weighted by molar-refractivity contribution is -0.237. The minimum Gasteiger partial charge on any atom is -0.273 e. The number of alkyl halides is 5. The zero-order valence-electron chi connectivity index (χ0n) is 3.88. The van der Waals surface area contributed by atoms with Crippen LogP contribution < -0.4 is 5.14 Å². The molecule has 0 bridgehead atoms. The van der Waals surface area contributed by atoms with Crippen molar-refractivity contribution in [2.45, 2.75) is 11.4 Å². The van der Waals surface area contributed by atoms with Gasteiger partial charge in [-0.3, -0.25) is 5.14 Å². The SMILES string of the molecule is NSC(F)(F)C(F)(F)F. The van der Waals surface area contributed by atoms with E-state index >= 15 is 0 Å². The van der Waals surface area contributed by atoms with Crippen molar-refractivity contribution in [3.8, 4) is 0 Å². The van der Waals surface area contributed by atoms with Crippen LogP contribution in [0.25, 0.3) is 0 Å². The second-order valence-electron chi connectivity index (χ2n) is 1.13. The van der Waals surface area contributed by atoms with Gasteiger partial charge in [0, 0.05) is 11.9 Å². The third-order valence-electron chi connectivity index (χ3n) is 0.478. The fraction of sp³-hybridized carbons (Fsp3) is 1.00. The summed E-state index contributed by atoms with van der Waals surface area (Å²) in [5.41, 5.74) is 0. The Hall–Kier alpha value is -0.0400. The smallest absolute Gasteiger partial charge is 0.273 e. The van der Waals surface area contributed by atoms with Crippen molar-refractivity contribution in [3.63, 3.8) is 0 Å². The summed E-state index contributed by atoms with van der Waals surface area (Å²) < 4.78 is 55.7. The quantitative estimate of drug-likeness (QED) is 0.475. The van der Waals surface area contributed by atoms with Gasteiger partial charge in [0.15, 0.2) is 0 Å². The minimum atomic E-state index is -5.55. The van der Waals surface area contributed by atoms with Gasteiger partial charge in [0.1, 0.15) is 0 Å². The molecule has 0 aromatic rings. The van der Waals surface area contributed by atoms with Gasteiger partial charge in [0.2, 0.25) is 0 Å². The molecule has 56 valence electrons. The highest BCUT2D eigenvalue weighted by Crippen LogP contribution is 2.41. The third kappa shape index (κ3) is 1.98. The summed E-state index contributed by atoms with van der Waals surface area (Å²) in [5, 5.41) is -0.787. The molecule has 0 spiro atoms. The van der Waals surface area contributed by atoms with Gasteiger partial charge in [-0.15, -0.1) is 0 Å². The molecule has 0 saturated heterocycles. The summed E-state index contributed by atoms with van der Waals surface area (Å²) >= 11 is -1.02. The van der Waals surface area contributed by atoms with Gasteiger partial charge < -0.3 is 0 Å². The van der Waals surface area contributed by atoms with Gasteiger partial charge in [0.25, 0.3) is 0 Å². The van der Waals surface area contributed by atoms with E-state index in [4.69, 9.17) is 0 Å². The topological polar surface area (TPSA) is 26.0 Å². The first kappa shape index (κ1) is 8.96. The molecule has 0 aliphatic heterocycles. The fourth-order valence-electron chi connectivity index (χ4n) is 0.0668. The second kappa shape index (κ2) is 2.30. The highest BCUT2D eigenvalue weighted by molar-refractivity contribution is 7.98. The number of rotatable bonds is 1. The Morgan fingerprint density at radius 3 is 1.33 bits per heavy atom. The Balaban J connectivity index is 4.14. The van der Waals surface area contributed by atoms with E-state index in [0.29, 0.717) is 0 Å². The van der Waals surface area contributed by atoms with Crippen LogP contribution in [0.5, 0.6) is 0 Å². The van der Waals surface area contributed by atoms with Crippen molar-refractivity contribution in [3.05, 3.63) is 0 Å². The Morgan fingerprint density at radius 2 is 1.33 bits per heavy atom. The number of nitrogens with two attached hydrogens (primary N) is 1. The normalized spacial score (nSPS) is 14.0. The molecule has 0 amide bonds. The van der Waals surface area contributed by atoms with Gasteiger partial charge in [-0.25, -0.2) is 0 Å². The molecule has 9 heavy (non-hydrogen) atoms. The van der Waals surface area contributed by atoms with Crippen molar-refractivity contribution in [2.75, 3.05) is 0 Å². The first-order valence-electron chi connectivity index (χ1n) is 1.63. The molecule has 0 heterocycles. The summed E-state index contributed by atoms with van der Waals surface area (Å²) in [5.74, 6) is 0. The van der Waals surface area contributed by atoms with Crippen molar-refractivity contribution in [2.24, 2.45) is 5.14 Å². The molecule has 0 aliphatic carbocycles. The molecular formula is C2H2F5NS. The van der Waals surface area contributed by atoms with Crippen LogP contribution >= 0.6 is 11.9 Å². The molecule has 0 saturated carbocycles. The number of hydrogen-bond donors (Lipinski definition) is 1. The van der Waals surface area contributed by atoms with Crippen LogP contribution in [0.2, 0.25) is 0 Å². The minimum absolute atomic E-state index is 1.02. The van der Waals surface area contributed by atoms with Crippen LogP contribution in [-0.2, 0) is 0 Å². The lowest BCUT2D eigenvalue weighted by atomic mass is 10.7. The molecule has 0 rings (SSSR count). The first-order valence-corrected chi connectivity index (χ1v) is 2.51. The number of halogens is 5. The van der Waals surface area contributed by atoms with Crippen LogP contribution in [0, 0.1) is 0 Å². The van der Waals surface area contributed by atoms with Crippen LogP contribution in [0.4, 0.5) is 22.0 Å². The zero-order valence-corrected chi connectivity index (χ0v) is 4.69. The lowest BCUT2D eigenvalue weighted by Crippen LogP contribution is -2.34. The van der Waals surface area contributed by atoms with E-state index in [9.17, 15) is 22.0 Å². The van der Waals surface area contributed by atoms with Crippen molar-refractivity contribution in [1.82, 2.24) is 0 Å². The van der Waals surface area contributed by atoms with Crippen LogP contribution in [0.1, 0.15) is 0 Å². The maximum absolute atomic E-state index is 11.4. The maximum Gasteiger partial charge on any atom is 0.465 e. The van der Waals surface area contributed by atoms with Crippen LogP contribution in [-0.4, -0.2) is 11.4 Å². The van der Waals surface area contributed by atoms with Crippen molar-refractivity contribution in [1.29, 1.82) is 0 Å². The molecule has 0 fully saturated rings. The monoisotopic (exact) mass is 167 g/mol. The molecular weight excluding hydrogens is 165 g/mol. The van der Waals surface area contributed by atoms with E-state index in [1.165, 1.54) is 0 Å². The molecule has 0 aliphatic rings. The Bertz CT molecular complexity index is 97.6. The summed E-state index contributed by atoms with van der Waals surface area (Å²) in [6, 6.07) is 0. The highest BCUT2D eigenvalue weighted by atomic mass is 32.2. The Labute approximate surface area is 51.5 Å². The molecule has 0 aromatic carbocycles. The van der Waals surface area contributed by atoms with Crippen LogP contribution in [0.15, 0.2) is 0 Å². The predicted molar refractivity (Wildman–Crippen MR) is 22.8 cm³/mol. The van der Waals surface area contributed by atoms with Crippen LogP contribution in [0.3, 0.4) is 0 Å². The number of hydrogen-bond acceptors (Lipinski definition) is 2. The average Bonchev–Trinajstić information content (AvgIpc) is 1.64. The largest absolute Gasteiger partial charge is 0.465 e. The molecule has 0 atom stereocenters. The Morgan fingerprint density at radius 1 is 1.00 bits per heavy atom. The second-order valence-corrected chi connectivity index (χ2v) is 1.88. The lowest BCUT2D eigenvalue weighted by Gasteiger charge is -2.15.